The second-order valence-corrected chi connectivity index (χ2v) is 7.12. The van der Waals surface area contributed by atoms with Crippen molar-refractivity contribution in [3.63, 3.8) is 0 Å². The van der Waals surface area contributed by atoms with Gasteiger partial charge in [0.05, 0.1) is 5.39 Å². The Kier molecular flexibility index (Phi) is 3.68. The van der Waals surface area contributed by atoms with Gasteiger partial charge in [-0.3, -0.25) is 4.90 Å². The van der Waals surface area contributed by atoms with Crippen LogP contribution in [0.2, 0.25) is 0 Å². The van der Waals surface area contributed by atoms with Crippen molar-refractivity contribution in [1.29, 1.82) is 0 Å². The number of aromatic nitrogens is 3. The van der Waals surface area contributed by atoms with Crippen LogP contribution < -0.4 is 4.90 Å². The Labute approximate surface area is 137 Å². The SMILES string of the molecule is Cc1cc(C)c2c(N3CC(N4CCCC[C@@H]4C)C3)ncnc2n1. The average molecular weight is 311 g/mol. The first-order valence-electron chi connectivity index (χ1n) is 8.73. The summed E-state index contributed by atoms with van der Waals surface area (Å²) in [5.41, 5.74) is 3.06. The molecule has 0 amide bonds. The fourth-order valence-corrected chi connectivity index (χ4v) is 4.13. The Hall–Kier alpha value is -1.75. The average Bonchev–Trinajstić information content (AvgIpc) is 2.47. The maximum Gasteiger partial charge on any atom is 0.165 e. The highest BCUT2D eigenvalue weighted by Gasteiger charge is 2.36. The number of pyridine rings is 1. The highest BCUT2D eigenvalue weighted by atomic mass is 15.3. The van der Waals surface area contributed by atoms with Gasteiger partial charge in [0, 0.05) is 30.9 Å². The molecule has 0 radical (unpaired) electrons. The van der Waals surface area contributed by atoms with E-state index in [1.807, 2.05) is 6.92 Å². The van der Waals surface area contributed by atoms with E-state index in [2.05, 4.69) is 44.7 Å². The molecule has 2 aromatic heterocycles. The third-order valence-electron chi connectivity index (χ3n) is 5.39. The highest BCUT2D eigenvalue weighted by molar-refractivity contribution is 5.90. The van der Waals surface area contributed by atoms with E-state index in [1.165, 1.54) is 31.4 Å². The quantitative estimate of drug-likeness (QED) is 0.853. The molecule has 4 heterocycles. The Morgan fingerprint density at radius 1 is 1.13 bits per heavy atom. The van der Waals surface area contributed by atoms with Crippen molar-refractivity contribution in [2.45, 2.75) is 52.1 Å². The van der Waals surface area contributed by atoms with Crippen molar-refractivity contribution in [2.75, 3.05) is 24.5 Å². The molecule has 0 spiro atoms. The van der Waals surface area contributed by atoms with E-state index in [1.54, 1.807) is 6.33 Å². The van der Waals surface area contributed by atoms with Crippen LogP contribution in [0.5, 0.6) is 0 Å². The maximum absolute atomic E-state index is 4.57. The minimum absolute atomic E-state index is 0.675. The molecule has 4 rings (SSSR count). The molecule has 0 N–H and O–H groups in total. The molecule has 2 saturated heterocycles. The summed E-state index contributed by atoms with van der Waals surface area (Å²) in [6.45, 7) is 9.93. The lowest BCUT2D eigenvalue weighted by Gasteiger charge is -2.49. The zero-order valence-electron chi connectivity index (χ0n) is 14.3. The van der Waals surface area contributed by atoms with Gasteiger partial charge in [-0.25, -0.2) is 15.0 Å². The largest absolute Gasteiger partial charge is 0.353 e. The molecule has 5 nitrogen and oxygen atoms in total. The van der Waals surface area contributed by atoms with Gasteiger partial charge in [0.25, 0.3) is 0 Å². The molecule has 1 atom stereocenters. The van der Waals surface area contributed by atoms with Gasteiger partial charge in [-0.2, -0.15) is 0 Å². The van der Waals surface area contributed by atoms with Crippen LogP contribution in [0, 0.1) is 13.8 Å². The second-order valence-electron chi connectivity index (χ2n) is 7.12. The van der Waals surface area contributed by atoms with Gasteiger partial charge < -0.3 is 4.90 Å². The molecule has 0 unspecified atom stereocenters. The van der Waals surface area contributed by atoms with Crippen LogP contribution in [-0.4, -0.2) is 51.6 Å². The summed E-state index contributed by atoms with van der Waals surface area (Å²) in [5.74, 6) is 1.06. The van der Waals surface area contributed by atoms with E-state index >= 15 is 0 Å². The number of hydrogen-bond acceptors (Lipinski definition) is 5. The van der Waals surface area contributed by atoms with Crippen molar-refractivity contribution in [3.05, 3.63) is 23.7 Å². The number of likely N-dealkylation sites (tertiary alicyclic amines) is 1. The van der Waals surface area contributed by atoms with Crippen molar-refractivity contribution < 1.29 is 0 Å². The van der Waals surface area contributed by atoms with Crippen LogP contribution in [0.1, 0.15) is 37.4 Å². The number of fused-ring (bicyclic) bond motifs is 1. The number of piperidine rings is 1. The van der Waals surface area contributed by atoms with E-state index in [4.69, 9.17) is 0 Å². The summed E-state index contributed by atoms with van der Waals surface area (Å²) in [6.07, 6.45) is 5.73. The third-order valence-corrected chi connectivity index (χ3v) is 5.39. The topological polar surface area (TPSA) is 45.2 Å². The molecule has 122 valence electrons. The lowest BCUT2D eigenvalue weighted by Crippen LogP contribution is -2.62. The molecule has 0 bridgehead atoms. The van der Waals surface area contributed by atoms with Crippen LogP contribution in [0.3, 0.4) is 0 Å². The fourth-order valence-electron chi connectivity index (χ4n) is 4.13. The Balaban J connectivity index is 1.58. The smallest absolute Gasteiger partial charge is 0.165 e. The first-order valence-corrected chi connectivity index (χ1v) is 8.73. The Bertz CT molecular complexity index is 723. The van der Waals surface area contributed by atoms with Crippen LogP contribution in [0.4, 0.5) is 5.82 Å². The van der Waals surface area contributed by atoms with Crippen LogP contribution in [0.15, 0.2) is 12.4 Å². The van der Waals surface area contributed by atoms with E-state index in [9.17, 15) is 0 Å². The first-order chi connectivity index (χ1) is 11.1. The molecule has 0 saturated carbocycles. The predicted octanol–water partition coefficient (Wildman–Crippen LogP) is 2.70. The summed E-state index contributed by atoms with van der Waals surface area (Å²) in [7, 11) is 0. The second kappa shape index (κ2) is 5.71. The lowest BCUT2D eigenvalue weighted by atomic mass is 9.97. The summed E-state index contributed by atoms with van der Waals surface area (Å²) in [6, 6.07) is 3.53. The van der Waals surface area contributed by atoms with Gasteiger partial charge in [-0.05, 0) is 51.8 Å². The van der Waals surface area contributed by atoms with Gasteiger partial charge in [0.15, 0.2) is 5.65 Å². The van der Waals surface area contributed by atoms with E-state index < -0.39 is 0 Å². The van der Waals surface area contributed by atoms with E-state index in [0.717, 1.165) is 41.7 Å². The van der Waals surface area contributed by atoms with E-state index in [0.29, 0.717) is 6.04 Å². The minimum Gasteiger partial charge on any atom is -0.353 e. The summed E-state index contributed by atoms with van der Waals surface area (Å²) >= 11 is 0. The molecule has 2 aliphatic heterocycles. The molecule has 2 fully saturated rings. The molecule has 23 heavy (non-hydrogen) atoms. The van der Waals surface area contributed by atoms with Crippen LogP contribution in [0.25, 0.3) is 11.0 Å². The first kappa shape index (κ1) is 14.8. The van der Waals surface area contributed by atoms with E-state index in [-0.39, 0.29) is 0 Å². The molecular weight excluding hydrogens is 286 g/mol. The van der Waals surface area contributed by atoms with Crippen molar-refractivity contribution in [3.8, 4) is 0 Å². The number of anilines is 1. The van der Waals surface area contributed by atoms with Crippen LogP contribution in [-0.2, 0) is 0 Å². The summed E-state index contributed by atoms with van der Waals surface area (Å²) in [5, 5.41) is 1.11. The van der Waals surface area contributed by atoms with Gasteiger partial charge in [0.1, 0.15) is 12.1 Å². The fraction of sp³-hybridized carbons (Fsp3) is 0.611. The zero-order chi connectivity index (χ0) is 16.0. The van der Waals surface area contributed by atoms with Gasteiger partial charge in [-0.15, -0.1) is 0 Å². The summed E-state index contributed by atoms with van der Waals surface area (Å²) in [4.78, 5) is 18.6. The minimum atomic E-state index is 0.675. The molecule has 5 heteroatoms. The number of rotatable bonds is 2. The van der Waals surface area contributed by atoms with Crippen molar-refractivity contribution in [2.24, 2.45) is 0 Å². The van der Waals surface area contributed by atoms with Gasteiger partial charge in [0.2, 0.25) is 0 Å². The van der Waals surface area contributed by atoms with Gasteiger partial charge >= 0.3 is 0 Å². The normalized spacial score (nSPS) is 23.3. The Morgan fingerprint density at radius 2 is 1.96 bits per heavy atom. The third kappa shape index (κ3) is 2.57. The zero-order valence-corrected chi connectivity index (χ0v) is 14.3. The predicted molar refractivity (Wildman–Crippen MR) is 92.8 cm³/mol. The number of aryl methyl sites for hydroxylation is 2. The summed E-state index contributed by atoms with van der Waals surface area (Å²) < 4.78 is 0. The van der Waals surface area contributed by atoms with Crippen LogP contribution >= 0.6 is 0 Å². The maximum atomic E-state index is 4.57. The standard InChI is InChI=1S/C18H25N5/c1-12-8-13(2)21-17-16(12)18(20-11-19-17)22-9-15(10-22)23-7-5-4-6-14(23)3/h8,11,14-15H,4-7,9-10H2,1-3H3/t14-/m0/s1. The lowest BCUT2D eigenvalue weighted by molar-refractivity contribution is 0.0874. The number of nitrogens with zero attached hydrogens (tertiary/aromatic N) is 5. The molecule has 0 aromatic carbocycles. The van der Waals surface area contributed by atoms with Crippen molar-refractivity contribution >= 4 is 16.9 Å². The molecule has 2 aromatic rings. The molecular formula is C18H25N5. The molecule has 0 aliphatic carbocycles. The van der Waals surface area contributed by atoms with Crippen molar-refractivity contribution in [1.82, 2.24) is 19.9 Å². The monoisotopic (exact) mass is 311 g/mol. The Morgan fingerprint density at radius 3 is 2.74 bits per heavy atom. The molecule has 2 aliphatic rings. The highest BCUT2D eigenvalue weighted by Crippen LogP contribution is 2.32. The van der Waals surface area contributed by atoms with Gasteiger partial charge in [-0.1, -0.05) is 6.42 Å². The number of hydrogen-bond donors (Lipinski definition) is 0.